The first-order valence-corrected chi connectivity index (χ1v) is 10.9. The summed E-state index contributed by atoms with van der Waals surface area (Å²) in [5.41, 5.74) is 0. The molecule has 2 fully saturated rings. The molecule has 10 heteroatoms. The average Bonchev–Trinajstić information content (AvgIpc) is 3.38. The molecule has 1 aliphatic heterocycles. The van der Waals surface area contributed by atoms with Crippen molar-refractivity contribution in [3.63, 3.8) is 0 Å². The molecule has 150 valence electrons. The van der Waals surface area contributed by atoms with Crippen LogP contribution in [0.5, 0.6) is 0 Å². The number of carbonyl (C=O) groups excluding carboxylic acids is 2. The minimum atomic E-state index is -3.89. The summed E-state index contributed by atoms with van der Waals surface area (Å²) in [6.07, 6.45) is 2.40. The topological polar surface area (TPSA) is 108 Å². The van der Waals surface area contributed by atoms with Gasteiger partial charge in [0.2, 0.25) is 0 Å². The van der Waals surface area contributed by atoms with E-state index in [0.717, 1.165) is 9.80 Å². The van der Waals surface area contributed by atoms with E-state index in [1.807, 2.05) is 6.19 Å². The van der Waals surface area contributed by atoms with Gasteiger partial charge in [-0.1, -0.05) is 23.7 Å². The number of benzene rings is 1. The first-order valence-electron chi connectivity index (χ1n) is 8.95. The van der Waals surface area contributed by atoms with Crippen molar-refractivity contribution in [3.8, 4) is 6.19 Å². The molecule has 1 saturated heterocycles. The number of hydrogen-bond donors (Lipinski definition) is 0. The number of ether oxygens (including phenoxy) is 1. The lowest BCUT2D eigenvalue weighted by atomic mass is 10.2. The fourth-order valence-electron chi connectivity index (χ4n) is 3.32. The van der Waals surface area contributed by atoms with Gasteiger partial charge in [0.25, 0.3) is 5.91 Å². The Morgan fingerprint density at radius 3 is 2.61 bits per heavy atom. The number of amides is 2. The Morgan fingerprint density at radius 1 is 1.36 bits per heavy atom. The zero-order valence-corrected chi connectivity index (χ0v) is 16.8. The first-order chi connectivity index (χ1) is 13.3. The molecule has 1 aromatic rings. The summed E-state index contributed by atoms with van der Waals surface area (Å²) in [4.78, 5) is 27.4. The van der Waals surface area contributed by atoms with Crippen molar-refractivity contribution in [1.29, 1.82) is 5.26 Å². The minimum Gasteiger partial charge on any atom is -0.450 e. The van der Waals surface area contributed by atoms with E-state index in [-0.39, 0.29) is 35.5 Å². The van der Waals surface area contributed by atoms with Gasteiger partial charge in [-0.3, -0.25) is 9.69 Å². The molecule has 0 bridgehead atoms. The van der Waals surface area contributed by atoms with Crippen LogP contribution in [0.4, 0.5) is 4.79 Å². The van der Waals surface area contributed by atoms with Crippen LogP contribution in [0.2, 0.25) is 5.02 Å². The maximum Gasteiger partial charge on any atom is 0.410 e. The second-order valence-electron chi connectivity index (χ2n) is 6.74. The van der Waals surface area contributed by atoms with Gasteiger partial charge in [0, 0.05) is 12.6 Å². The number of halogens is 1. The highest BCUT2D eigenvalue weighted by Gasteiger charge is 2.49. The van der Waals surface area contributed by atoms with Crippen molar-refractivity contribution in [2.45, 2.75) is 48.4 Å². The Balaban J connectivity index is 1.91. The number of sulfone groups is 1. The molecule has 0 unspecified atom stereocenters. The smallest absolute Gasteiger partial charge is 0.410 e. The molecular weight excluding hydrogens is 406 g/mol. The zero-order chi connectivity index (χ0) is 20.5. The van der Waals surface area contributed by atoms with Crippen molar-refractivity contribution >= 4 is 33.4 Å². The molecule has 1 aromatic carbocycles. The van der Waals surface area contributed by atoms with Crippen LogP contribution in [-0.2, 0) is 19.4 Å². The average molecular weight is 426 g/mol. The molecule has 0 radical (unpaired) electrons. The van der Waals surface area contributed by atoms with Crippen molar-refractivity contribution < 1.29 is 22.7 Å². The molecule has 28 heavy (non-hydrogen) atoms. The quantitative estimate of drug-likeness (QED) is 0.528. The van der Waals surface area contributed by atoms with Gasteiger partial charge in [0.15, 0.2) is 16.0 Å². The maximum atomic E-state index is 13.1. The van der Waals surface area contributed by atoms with E-state index in [0.29, 0.717) is 12.8 Å². The molecule has 2 aliphatic rings. The molecule has 0 aromatic heterocycles. The fourth-order valence-corrected chi connectivity index (χ4v) is 5.54. The van der Waals surface area contributed by atoms with Gasteiger partial charge in [-0.2, -0.15) is 5.26 Å². The molecule has 0 N–H and O–H groups in total. The Hall–Kier alpha value is -2.31. The summed E-state index contributed by atoms with van der Waals surface area (Å²) in [7, 11) is -3.89. The van der Waals surface area contributed by atoms with Crippen LogP contribution in [0.1, 0.15) is 26.2 Å². The van der Waals surface area contributed by atoms with E-state index in [1.54, 1.807) is 19.1 Å². The predicted octanol–water partition coefficient (Wildman–Crippen LogP) is 2.19. The number of likely N-dealkylation sites (tertiary alicyclic amines) is 1. The van der Waals surface area contributed by atoms with Crippen molar-refractivity contribution in [1.82, 2.24) is 9.80 Å². The lowest BCUT2D eigenvalue weighted by molar-refractivity contribution is -0.132. The molecule has 8 nitrogen and oxygen atoms in total. The summed E-state index contributed by atoms with van der Waals surface area (Å²) < 4.78 is 31.2. The minimum absolute atomic E-state index is 0.0436. The van der Waals surface area contributed by atoms with Gasteiger partial charge in [0.05, 0.1) is 21.8 Å². The molecule has 0 spiro atoms. The number of rotatable bonds is 5. The third-order valence-corrected chi connectivity index (χ3v) is 7.52. The van der Waals surface area contributed by atoms with Crippen molar-refractivity contribution in [2.24, 2.45) is 0 Å². The first kappa shape index (κ1) is 20.4. The monoisotopic (exact) mass is 425 g/mol. The number of nitriles is 1. The van der Waals surface area contributed by atoms with Crippen LogP contribution in [0.15, 0.2) is 29.2 Å². The van der Waals surface area contributed by atoms with Gasteiger partial charge in [-0.25, -0.2) is 18.1 Å². The van der Waals surface area contributed by atoms with E-state index >= 15 is 0 Å². The zero-order valence-electron chi connectivity index (χ0n) is 15.2. The largest absolute Gasteiger partial charge is 0.450 e. The molecule has 3 rings (SSSR count). The summed E-state index contributed by atoms with van der Waals surface area (Å²) >= 11 is 6.05. The van der Waals surface area contributed by atoms with Crippen LogP contribution in [0.25, 0.3) is 0 Å². The van der Waals surface area contributed by atoms with Crippen molar-refractivity contribution in [3.05, 3.63) is 29.3 Å². The number of hydrogen-bond acceptors (Lipinski definition) is 6. The van der Waals surface area contributed by atoms with E-state index in [1.165, 1.54) is 12.1 Å². The Morgan fingerprint density at radius 2 is 2.04 bits per heavy atom. The Bertz CT molecular complexity index is 925. The third-order valence-electron chi connectivity index (χ3n) is 4.89. The SMILES string of the molecule is CCOC(=O)N1C[C@H](S(=O)(=O)c2ccccc2Cl)C[C@H]1C(=O)N(C#N)C1CC1. The van der Waals surface area contributed by atoms with Gasteiger partial charge >= 0.3 is 6.09 Å². The lowest BCUT2D eigenvalue weighted by Gasteiger charge is -2.25. The number of nitrogens with zero attached hydrogens (tertiary/aromatic N) is 3. The van der Waals surface area contributed by atoms with Crippen LogP contribution < -0.4 is 0 Å². The standard InChI is InChI=1S/C18H20ClN3O5S/c1-2-27-18(24)21-10-13(28(25,26)16-6-4-3-5-14(16)19)9-15(21)17(23)22(11-20)12-7-8-12/h3-6,12-13,15H,2,7-10H2,1H3/t13-,15+/m1/s1. The third kappa shape index (κ3) is 3.80. The molecule has 1 aliphatic carbocycles. The fraction of sp³-hybridized carbons (Fsp3) is 0.500. The highest BCUT2D eigenvalue weighted by atomic mass is 35.5. The Kier molecular flexibility index (Phi) is 5.82. The Labute approximate surface area is 168 Å². The summed E-state index contributed by atoms with van der Waals surface area (Å²) in [6, 6.07) is 4.80. The molecule has 1 saturated carbocycles. The normalized spacial score (nSPS) is 21.8. The van der Waals surface area contributed by atoms with Gasteiger partial charge in [-0.15, -0.1) is 0 Å². The second-order valence-corrected chi connectivity index (χ2v) is 9.34. The highest BCUT2D eigenvalue weighted by molar-refractivity contribution is 7.92. The second kappa shape index (κ2) is 7.97. The molecule has 2 atom stereocenters. The molecule has 1 heterocycles. The van der Waals surface area contributed by atoms with Crippen molar-refractivity contribution in [2.75, 3.05) is 13.2 Å². The number of carbonyl (C=O) groups is 2. The van der Waals surface area contributed by atoms with Crippen LogP contribution in [0.3, 0.4) is 0 Å². The van der Waals surface area contributed by atoms with Gasteiger partial charge in [0.1, 0.15) is 6.04 Å². The van der Waals surface area contributed by atoms with Crippen LogP contribution in [-0.4, -0.2) is 60.7 Å². The van der Waals surface area contributed by atoms with E-state index in [2.05, 4.69) is 0 Å². The molecule has 2 amide bonds. The van der Waals surface area contributed by atoms with Crippen LogP contribution in [0, 0.1) is 11.5 Å². The summed E-state index contributed by atoms with van der Waals surface area (Å²) in [5.74, 6) is -0.574. The molecular formula is C18H20ClN3O5S. The summed E-state index contributed by atoms with van der Waals surface area (Å²) in [5, 5.41) is 8.38. The van der Waals surface area contributed by atoms with E-state index in [4.69, 9.17) is 16.3 Å². The maximum absolute atomic E-state index is 13.1. The highest BCUT2D eigenvalue weighted by Crippen LogP contribution is 2.34. The van der Waals surface area contributed by atoms with Gasteiger partial charge < -0.3 is 4.74 Å². The lowest BCUT2D eigenvalue weighted by Crippen LogP contribution is -2.47. The van der Waals surface area contributed by atoms with Crippen LogP contribution >= 0.6 is 11.6 Å². The van der Waals surface area contributed by atoms with E-state index in [9.17, 15) is 23.3 Å². The van der Waals surface area contributed by atoms with E-state index < -0.39 is 33.1 Å². The van der Waals surface area contributed by atoms with Gasteiger partial charge in [-0.05, 0) is 38.3 Å². The predicted molar refractivity (Wildman–Crippen MR) is 100 cm³/mol. The summed E-state index contributed by atoms with van der Waals surface area (Å²) in [6.45, 7) is 1.50.